The summed E-state index contributed by atoms with van der Waals surface area (Å²) < 4.78 is 62.7. The minimum atomic E-state index is -0.619. The fraction of sp³-hybridized carbons (Fsp3) is 0.181. The van der Waals surface area contributed by atoms with Crippen molar-refractivity contribution in [3.8, 4) is 43.4 Å². The van der Waals surface area contributed by atoms with Gasteiger partial charge in [0.25, 0.3) is 0 Å². The summed E-state index contributed by atoms with van der Waals surface area (Å²) in [5.74, 6) is 2.22. The van der Waals surface area contributed by atoms with Crippen LogP contribution in [0.1, 0.15) is 68.7 Å². The number of carbonyl (C=O) groups excluding carboxylic acids is 5. The number of esters is 5. The predicted molar refractivity (Wildman–Crippen MR) is 622 cm³/mol. The number of rotatable bonds is 31. The largest absolute Gasteiger partial charge is 0.457 e. The second kappa shape index (κ2) is 52.8. The Labute approximate surface area is 905 Å². The lowest BCUT2D eigenvalue weighted by molar-refractivity contribution is -0.168. The molecule has 720 valence electrons. The van der Waals surface area contributed by atoms with E-state index in [1.165, 1.54) is 99.7 Å². The lowest BCUT2D eigenvalue weighted by atomic mass is 10.2. The first-order chi connectivity index (χ1) is 68.4. The van der Waals surface area contributed by atoms with E-state index in [0.717, 1.165) is 10.6 Å². The highest BCUT2D eigenvalue weighted by Crippen LogP contribution is 2.52. The molecular formula is C116H106I5O15S5+5. The molecule has 0 aliphatic rings. The van der Waals surface area contributed by atoms with Crippen LogP contribution in [-0.4, -0.2) is 81.9 Å². The monoisotopic (exact) mass is 2530 g/mol. The molecule has 18 aromatic rings. The number of fused-ring (bicyclic) bond motifs is 9. The van der Waals surface area contributed by atoms with Gasteiger partial charge in [0.1, 0.15) is 53.5 Å². The Morgan fingerprint density at radius 2 is 0.546 bits per heavy atom. The number of ether oxygens (including phenoxy) is 10. The average Bonchev–Trinajstić information content (AvgIpc) is 1.61. The molecule has 15 aromatic carbocycles. The maximum absolute atomic E-state index is 12.0. The summed E-state index contributed by atoms with van der Waals surface area (Å²) >= 11 is 10.2. The van der Waals surface area contributed by atoms with Crippen molar-refractivity contribution >= 4 is 257 Å². The van der Waals surface area contributed by atoms with Crippen molar-refractivity contribution in [2.75, 3.05) is 13.6 Å². The number of para-hydroxylation sites is 1. The highest BCUT2D eigenvalue weighted by molar-refractivity contribution is 14.1. The van der Waals surface area contributed by atoms with Crippen LogP contribution in [0.3, 0.4) is 0 Å². The van der Waals surface area contributed by atoms with Gasteiger partial charge in [-0.05, 0) is 229 Å². The van der Waals surface area contributed by atoms with Crippen LogP contribution in [0.15, 0.2) is 418 Å². The summed E-state index contributed by atoms with van der Waals surface area (Å²) in [6.07, 6.45) is -1.19. The summed E-state index contributed by atoms with van der Waals surface area (Å²) in [6, 6.07) is 134. The normalized spacial score (nSPS) is 12.8. The molecule has 0 amide bonds. The standard InChI is InChI=1S/C25H24IO3S.C24H22IO3S.C23H20IO3S.2C22H20IO3S/c1-16(2)25(29-24(27)17(3)26)28-18-12-14-19(15-13-18)30-22-10-6-4-8-20(22)21-9-5-7-11-23(21)30;1-3-23(28-24(26)16(2)25)27-17-12-14-18(15-13-17)29-21-10-6-4-8-19(21)20-9-5-7-11-22(20)29;1-15(24)23(25)27-16(2)26-17-11-13-18(14-12-17)28-21-9-5-3-7-19(21)20-8-4-6-10-22(20)28;1-17(23)22(24)26-16-25-20-14-8-9-15-21(20)27(18-10-4-2-5-11-18)19-12-6-3-7-13-19;1-17(23)22(24)26-16-25-18-12-14-21(15-13-18)27(19-8-4-2-5-9-19)20-10-6-3-7-11-20/h4-17,25H,1-3H3;4-16,23H,3H2,1-2H3;3-16H,1-2H3;2*2-15,17H,16H2,1H3/q5*+1. The third-order valence-electron chi connectivity index (χ3n) is 21.7. The second-order valence-corrected chi connectivity index (χ2v) is 51.6. The minimum Gasteiger partial charge on any atom is -0.457 e. The summed E-state index contributed by atoms with van der Waals surface area (Å²) in [4.78, 5) is 69.7. The molecule has 0 saturated heterocycles. The lowest BCUT2D eigenvalue weighted by Crippen LogP contribution is -2.31. The van der Waals surface area contributed by atoms with Crippen LogP contribution < -0.4 is 23.7 Å². The average molecular weight is 2530 g/mol. The van der Waals surface area contributed by atoms with Crippen LogP contribution in [0.4, 0.5) is 0 Å². The predicted octanol–water partition coefficient (Wildman–Crippen LogP) is 32.5. The van der Waals surface area contributed by atoms with E-state index in [9.17, 15) is 24.0 Å². The van der Waals surface area contributed by atoms with E-state index >= 15 is 0 Å². The molecular weight excluding hydrogens is 2430 g/mol. The Balaban J connectivity index is 0.000000140. The molecule has 141 heavy (non-hydrogen) atoms. The first-order valence-electron chi connectivity index (χ1n) is 45.8. The van der Waals surface area contributed by atoms with Gasteiger partial charge >= 0.3 is 29.8 Å². The lowest BCUT2D eigenvalue weighted by Gasteiger charge is -2.23. The smallest absolute Gasteiger partial charge is 0.321 e. The van der Waals surface area contributed by atoms with Crippen molar-refractivity contribution in [2.24, 2.45) is 5.92 Å². The summed E-state index contributed by atoms with van der Waals surface area (Å²) in [5, 5.41) is 7.90. The van der Waals surface area contributed by atoms with Crippen molar-refractivity contribution in [1.82, 2.24) is 0 Å². The Bertz CT molecular complexity index is 6920. The van der Waals surface area contributed by atoms with Gasteiger partial charge in [-0.1, -0.05) is 291 Å². The van der Waals surface area contributed by atoms with Crippen LogP contribution >= 0.6 is 144 Å². The maximum atomic E-state index is 12.0. The molecule has 0 radical (unpaired) electrons. The van der Waals surface area contributed by atoms with E-state index in [1.54, 1.807) is 27.7 Å². The molecule has 0 spiro atoms. The zero-order valence-electron chi connectivity index (χ0n) is 78.8. The highest BCUT2D eigenvalue weighted by Gasteiger charge is 2.35. The summed E-state index contributed by atoms with van der Waals surface area (Å²) in [5.41, 5.74) is 0. The van der Waals surface area contributed by atoms with Crippen molar-refractivity contribution in [3.05, 3.63) is 388 Å². The topological polar surface area (TPSA) is 178 Å². The fourth-order valence-corrected chi connectivity index (χ4v) is 27.1. The van der Waals surface area contributed by atoms with Crippen molar-refractivity contribution in [2.45, 2.75) is 137 Å². The first kappa shape index (κ1) is 106. The fourth-order valence-electron chi connectivity index (χ4n) is 14.9. The Hall–Kier alpha value is -10.3. The molecule has 0 fully saturated rings. The van der Waals surface area contributed by atoms with Crippen LogP contribution in [0, 0.1) is 5.92 Å². The third kappa shape index (κ3) is 28.4. The highest BCUT2D eigenvalue weighted by atomic mass is 127. The van der Waals surface area contributed by atoms with Crippen molar-refractivity contribution < 1.29 is 71.3 Å². The molecule has 0 saturated carbocycles. The van der Waals surface area contributed by atoms with E-state index in [1.807, 2.05) is 240 Å². The molecule has 8 atom stereocenters. The van der Waals surface area contributed by atoms with Crippen LogP contribution in [0.25, 0.3) is 75.2 Å². The van der Waals surface area contributed by atoms with Gasteiger partial charge in [-0.25, -0.2) is 0 Å². The number of halogens is 5. The maximum Gasteiger partial charge on any atom is 0.321 e. The minimum absolute atomic E-state index is 0.0548. The van der Waals surface area contributed by atoms with E-state index in [0.29, 0.717) is 29.4 Å². The Morgan fingerprint density at radius 1 is 0.270 bits per heavy atom. The second-order valence-electron chi connectivity index (χ2n) is 32.3. The van der Waals surface area contributed by atoms with Crippen LogP contribution in [0.5, 0.6) is 28.7 Å². The zero-order valence-corrected chi connectivity index (χ0v) is 93.7. The van der Waals surface area contributed by atoms with Gasteiger partial charge < -0.3 is 47.4 Å². The van der Waals surface area contributed by atoms with Gasteiger partial charge in [-0.15, -0.1) is 0 Å². The number of carbonyl (C=O) groups is 5. The zero-order chi connectivity index (χ0) is 99.4. The van der Waals surface area contributed by atoms with Crippen LogP contribution in [-0.2, 0) is 69.4 Å². The molecule has 8 unspecified atom stereocenters. The number of hydrogen-bond donors (Lipinski definition) is 0. The van der Waals surface area contributed by atoms with Gasteiger partial charge in [-0.2, -0.15) is 0 Å². The third-order valence-corrected chi connectivity index (χ3v) is 35.7. The van der Waals surface area contributed by atoms with Gasteiger partial charge in [0.05, 0.1) is 10.9 Å². The van der Waals surface area contributed by atoms with Crippen molar-refractivity contribution in [3.63, 3.8) is 0 Å². The number of alkyl halides is 5. The SMILES string of the molecule is CC(I)C(=O)OC(Oc1ccc(-[s+]2c3ccccc3c3ccccc32)cc1)C(C)C.CC(I)C(=O)OCOc1ccc([S+](c2ccccc2)c2ccccc2)cc1.CC(I)C(=O)OCOc1ccccc1[S+](c1ccccc1)c1ccccc1.CC(OC(=O)C(C)I)Oc1ccc(-[s+]2c3ccccc3c3ccccc32)cc1.CCC(OC(=O)C(C)I)Oc1ccc(-[s+]2c3ccccc3c3ccccc32)cc1. The Morgan fingerprint density at radius 3 is 0.887 bits per heavy atom. The quantitative estimate of drug-likeness (QED) is 0.0100. The Kier molecular flexibility index (Phi) is 39.8. The van der Waals surface area contributed by atoms with E-state index in [-0.39, 0.29) is 122 Å². The van der Waals surface area contributed by atoms with Crippen LogP contribution in [0.2, 0.25) is 0 Å². The van der Waals surface area contributed by atoms with Gasteiger partial charge in [-0.3, -0.25) is 24.0 Å². The molecule has 3 heterocycles. The van der Waals surface area contributed by atoms with E-state index < -0.39 is 18.9 Å². The molecule has 3 aromatic heterocycles. The number of hydrogen-bond acceptors (Lipinski definition) is 15. The number of benzene rings is 15. The molecule has 18 rings (SSSR count). The summed E-state index contributed by atoms with van der Waals surface area (Å²) in [7, 11) is -0.867. The van der Waals surface area contributed by atoms with Crippen molar-refractivity contribution in [1.29, 1.82) is 0 Å². The molecule has 0 bridgehead atoms. The number of thiophene rings is 3. The van der Waals surface area contributed by atoms with Gasteiger partial charge in [0.15, 0.2) is 73.1 Å². The molecule has 0 N–H and O–H groups in total. The first-order valence-corrected chi connectivity index (χ1v) is 58.1. The van der Waals surface area contributed by atoms with Gasteiger partial charge in [0.2, 0.25) is 37.4 Å². The molecule has 25 heteroatoms. The van der Waals surface area contributed by atoms with E-state index in [2.05, 4.69) is 296 Å². The van der Waals surface area contributed by atoms with Gasteiger partial charge in [0, 0.05) is 119 Å². The van der Waals surface area contributed by atoms with E-state index in [4.69, 9.17) is 47.4 Å². The molecule has 15 nitrogen and oxygen atoms in total. The summed E-state index contributed by atoms with van der Waals surface area (Å²) in [6.45, 7) is 16.5. The molecule has 0 aliphatic carbocycles. The molecule has 0 aliphatic heterocycles.